The lowest BCUT2D eigenvalue weighted by Gasteiger charge is -2.36. The number of thiazole rings is 1. The van der Waals surface area contributed by atoms with Crippen LogP contribution in [0.25, 0.3) is 11.1 Å². The van der Waals surface area contributed by atoms with Crippen molar-refractivity contribution < 1.29 is 33.1 Å². The topological polar surface area (TPSA) is 163 Å². The predicted octanol–water partition coefficient (Wildman–Crippen LogP) is 8.94. The zero-order valence-electron chi connectivity index (χ0n) is 33.6. The Hall–Kier alpha value is -5.95. The summed E-state index contributed by atoms with van der Waals surface area (Å²) in [5.74, 6) is 1.70. The number of ether oxygens (including phenoxy) is 3. The number of hydrogen-bond donors (Lipinski definition) is 3. The highest BCUT2D eigenvalue weighted by Gasteiger charge is 2.38. The van der Waals surface area contributed by atoms with Crippen molar-refractivity contribution in [1.29, 1.82) is 5.26 Å². The van der Waals surface area contributed by atoms with Gasteiger partial charge in [-0.1, -0.05) is 89.1 Å². The smallest absolute Gasteiger partial charge is 0.290 e. The molecule has 62 heavy (non-hydrogen) atoms. The van der Waals surface area contributed by atoms with Gasteiger partial charge in [-0.3, -0.25) is 9.59 Å². The Balaban J connectivity index is 0.00000187. The Bertz CT molecular complexity index is 2620. The van der Waals surface area contributed by atoms with Crippen LogP contribution in [0.4, 0.5) is 5.13 Å². The van der Waals surface area contributed by atoms with E-state index in [1.54, 1.807) is 35.6 Å². The Morgan fingerprint density at radius 2 is 1.66 bits per heavy atom. The van der Waals surface area contributed by atoms with Crippen LogP contribution in [-0.4, -0.2) is 57.2 Å². The average molecular weight is 911 g/mol. The molecular formula is C46H41Cl2N5O7S2. The van der Waals surface area contributed by atoms with Crippen LogP contribution < -0.4 is 24.8 Å². The van der Waals surface area contributed by atoms with Crippen LogP contribution in [-0.2, 0) is 46.6 Å². The fourth-order valence-electron chi connectivity index (χ4n) is 7.07. The first-order valence-electron chi connectivity index (χ1n) is 19.5. The minimum atomic E-state index is -1.67. The number of aryl methyl sites for hydroxylation is 1. The summed E-state index contributed by atoms with van der Waals surface area (Å²) >= 11 is 13.5. The molecule has 3 atom stereocenters. The molecule has 0 saturated heterocycles. The van der Waals surface area contributed by atoms with Gasteiger partial charge in [-0.15, -0.1) is 0 Å². The number of nitrogens with one attached hydrogen (secondary N) is 2. The largest absolute Gasteiger partial charge is 0.489 e. The van der Waals surface area contributed by atoms with Crippen LogP contribution >= 0.6 is 34.5 Å². The quantitative estimate of drug-likeness (QED) is 0.101. The minimum absolute atomic E-state index is 0.200. The predicted molar refractivity (Wildman–Crippen MR) is 240 cm³/mol. The number of benzene rings is 5. The molecule has 1 amide bonds. The van der Waals surface area contributed by atoms with Gasteiger partial charge in [0.15, 0.2) is 22.7 Å². The summed E-state index contributed by atoms with van der Waals surface area (Å²) in [5, 5.41) is 23.8. The molecule has 6 aromatic rings. The first-order valence-corrected chi connectivity index (χ1v) is 22.2. The number of nitrogens with zero attached hydrogens (tertiary/aromatic N) is 3. The molecule has 0 saturated carbocycles. The van der Waals surface area contributed by atoms with E-state index in [9.17, 15) is 9.00 Å². The van der Waals surface area contributed by atoms with Gasteiger partial charge in [0, 0.05) is 20.1 Å². The number of carbonyl (C=O) groups is 2. The molecule has 12 nitrogen and oxygen atoms in total. The van der Waals surface area contributed by atoms with Crippen molar-refractivity contribution in [2.75, 3.05) is 25.5 Å². The minimum Gasteiger partial charge on any atom is -0.489 e. The van der Waals surface area contributed by atoms with Gasteiger partial charge < -0.3 is 30.0 Å². The van der Waals surface area contributed by atoms with Gasteiger partial charge in [0.1, 0.15) is 40.2 Å². The van der Waals surface area contributed by atoms with E-state index in [0.717, 1.165) is 38.9 Å². The van der Waals surface area contributed by atoms with Crippen molar-refractivity contribution in [3.05, 3.63) is 152 Å². The summed E-state index contributed by atoms with van der Waals surface area (Å²) in [4.78, 5) is 26.9. The third-order valence-electron chi connectivity index (χ3n) is 10.3. The van der Waals surface area contributed by atoms with Gasteiger partial charge in [0.2, 0.25) is 5.91 Å². The van der Waals surface area contributed by atoms with E-state index >= 15 is 0 Å². The normalized spacial score (nSPS) is 15.8. The van der Waals surface area contributed by atoms with Crippen molar-refractivity contribution in [1.82, 2.24) is 14.6 Å². The second-order valence-corrected chi connectivity index (χ2v) is 17.8. The number of rotatable bonds is 12. The van der Waals surface area contributed by atoms with Gasteiger partial charge >= 0.3 is 0 Å². The van der Waals surface area contributed by atoms with Crippen LogP contribution in [0.15, 0.2) is 107 Å². The zero-order valence-corrected chi connectivity index (χ0v) is 36.7. The SMILES string of the molecule is CNc1nc(C)c(S(=O)N2Cc3cc4c(cc3CC2C(=O)NCCc2ccc(-c3ccc(C#N)cc3)cc2)OC[C@@H](c2ccc(OCc3ccc(Cl)c(Cl)c3)cc2)O4)s1.O=CO. The first-order chi connectivity index (χ1) is 30.1. The summed E-state index contributed by atoms with van der Waals surface area (Å²) in [6.45, 7) is 2.91. The third kappa shape index (κ3) is 10.4. The second-order valence-electron chi connectivity index (χ2n) is 14.3. The van der Waals surface area contributed by atoms with Gasteiger partial charge in [0.05, 0.1) is 27.4 Å². The highest BCUT2D eigenvalue weighted by atomic mass is 35.5. The van der Waals surface area contributed by atoms with E-state index in [4.69, 9.17) is 52.6 Å². The lowest BCUT2D eigenvalue weighted by atomic mass is 9.94. The van der Waals surface area contributed by atoms with Crippen molar-refractivity contribution in [2.45, 2.75) is 49.3 Å². The third-order valence-corrected chi connectivity index (χ3v) is 14.1. The summed E-state index contributed by atoms with van der Waals surface area (Å²) in [6.07, 6.45) is 0.607. The first kappa shape index (κ1) is 44.1. The summed E-state index contributed by atoms with van der Waals surface area (Å²) in [6, 6.07) is 34.1. The van der Waals surface area contributed by atoms with E-state index in [1.165, 1.54) is 11.3 Å². The number of fused-ring (bicyclic) bond motifs is 2. The molecule has 0 aliphatic carbocycles. The van der Waals surface area contributed by atoms with E-state index in [-0.39, 0.29) is 25.0 Å². The molecule has 3 N–H and O–H groups in total. The summed E-state index contributed by atoms with van der Waals surface area (Å²) < 4.78 is 35.5. The molecular weight excluding hydrogens is 870 g/mol. The maximum absolute atomic E-state index is 14.4. The molecule has 3 heterocycles. The van der Waals surface area contributed by atoms with Crippen LogP contribution in [0.2, 0.25) is 10.0 Å². The van der Waals surface area contributed by atoms with Crippen LogP contribution in [0, 0.1) is 18.3 Å². The lowest BCUT2D eigenvalue weighted by Crippen LogP contribution is -2.51. The zero-order chi connectivity index (χ0) is 43.8. The second kappa shape index (κ2) is 20.3. The van der Waals surface area contributed by atoms with Gasteiger partial charge in [0.25, 0.3) is 6.47 Å². The van der Waals surface area contributed by atoms with Crippen molar-refractivity contribution in [3.8, 4) is 34.4 Å². The number of anilines is 1. The van der Waals surface area contributed by atoms with Crippen LogP contribution in [0.3, 0.4) is 0 Å². The summed E-state index contributed by atoms with van der Waals surface area (Å²) in [5.41, 5.74) is 8.11. The highest BCUT2D eigenvalue weighted by molar-refractivity contribution is 7.85. The molecule has 0 radical (unpaired) electrons. The van der Waals surface area contributed by atoms with Crippen LogP contribution in [0.5, 0.6) is 17.2 Å². The number of hydrogen-bond acceptors (Lipinski definition) is 10. The van der Waals surface area contributed by atoms with E-state index in [1.807, 2.05) is 85.8 Å². The van der Waals surface area contributed by atoms with E-state index in [0.29, 0.717) is 80.5 Å². The number of nitriles is 1. The highest BCUT2D eigenvalue weighted by Crippen LogP contribution is 2.42. The molecule has 8 rings (SSSR count). The molecule has 2 unspecified atom stereocenters. The molecule has 1 aromatic heterocycles. The van der Waals surface area contributed by atoms with Gasteiger partial charge in [-0.25, -0.2) is 13.5 Å². The Kier molecular flexibility index (Phi) is 14.4. The van der Waals surface area contributed by atoms with Crippen molar-refractivity contribution in [2.24, 2.45) is 0 Å². The Morgan fingerprint density at radius 1 is 0.984 bits per heavy atom. The maximum atomic E-state index is 14.4. The molecule has 5 aromatic carbocycles. The lowest BCUT2D eigenvalue weighted by molar-refractivity contribution is -0.125. The Morgan fingerprint density at radius 3 is 2.32 bits per heavy atom. The monoisotopic (exact) mass is 909 g/mol. The molecule has 16 heteroatoms. The Labute approximate surface area is 375 Å². The molecule has 0 bridgehead atoms. The fraction of sp³-hybridized carbons (Fsp3) is 0.217. The average Bonchev–Trinajstić information content (AvgIpc) is 3.68. The summed E-state index contributed by atoms with van der Waals surface area (Å²) in [7, 11) is 0.109. The van der Waals surface area contributed by atoms with E-state index in [2.05, 4.69) is 21.7 Å². The van der Waals surface area contributed by atoms with Crippen molar-refractivity contribution >= 4 is 63.0 Å². The molecule has 318 valence electrons. The van der Waals surface area contributed by atoms with Gasteiger partial charge in [-0.05, 0) is 107 Å². The molecule has 0 spiro atoms. The molecule has 2 aliphatic rings. The fourth-order valence-corrected chi connectivity index (χ4v) is 10.0. The number of halogens is 2. The number of aromatic nitrogens is 1. The molecule has 2 aliphatic heterocycles. The number of carboxylic acid groups (broad SMARTS) is 1. The molecule has 0 fully saturated rings. The van der Waals surface area contributed by atoms with Crippen molar-refractivity contribution in [3.63, 3.8) is 0 Å². The standard InChI is InChI=1S/C45H39Cl2N5O5S2.CH2O2/c1-27-44(58-45(49-2)51-27)59(54)52-24-35-22-41-40(56-26-42(57-41)33-12-14-36(15-13-33)55-25-30-7-16-37(46)38(47)19-30)21-34(35)20-39(52)43(53)50-18-17-28-3-8-31(9-4-28)32-10-5-29(23-48)6-11-32;2-1-3/h3-16,19,21-22,39,42H,17-18,20,24-26H2,1-2H3,(H,49,51)(H,50,53);1H,(H,2,3)/t39?,42-,59?;/m0./s1. The number of amides is 1. The maximum Gasteiger partial charge on any atom is 0.290 e. The van der Waals surface area contributed by atoms with E-state index < -0.39 is 17.0 Å². The number of carbonyl (C=O) groups excluding carboxylic acids is 1. The van der Waals surface area contributed by atoms with Gasteiger partial charge in [-0.2, -0.15) is 5.26 Å². The van der Waals surface area contributed by atoms with Crippen LogP contribution in [0.1, 0.15) is 45.2 Å².